The molecule has 0 aromatic carbocycles. The minimum Gasteiger partial charge on any atom is -0.480 e. The van der Waals surface area contributed by atoms with Crippen LogP contribution < -0.4 is 0 Å². The normalized spacial score (nSPS) is 21.2. The number of aliphatic carboxylic acids is 3. The van der Waals surface area contributed by atoms with Crippen molar-refractivity contribution >= 4 is 26.4 Å². The Labute approximate surface area is 164 Å². The fraction of sp³-hybridized carbons (Fsp3) is 0.800. The predicted octanol–water partition coefficient (Wildman–Crippen LogP) is -2.51. The number of carboxylic acid groups (broad SMARTS) is 3. The van der Waals surface area contributed by atoms with E-state index >= 15 is 0 Å². The van der Waals surface area contributed by atoms with Crippen LogP contribution in [0.5, 0.6) is 0 Å². The molecule has 0 aromatic heterocycles. The Morgan fingerprint density at radius 3 is 1.21 bits per heavy atom. The van der Waals surface area contributed by atoms with E-state index in [4.69, 9.17) is 15.3 Å². The summed E-state index contributed by atoms with van der Waals surface area (Å²) in [6, 6.07) is 0. The average molecular weight is 424 g/mol. The molecule has 0 saturated carbocycles. The highest BCUT2D eigenvalue weighted by atomic mass is 31.1. The Bertz CT molecular complexity index is 520. The van der Waals surface area contributed by atoms with E-state index in [9.17, 15) is 24.1 Å². The van der Waals surface area contributed by atoms with E-state index in [1.807, 2.05) is 0 Å². The van der Waals surface area contributed by atoms with E-state index in [1.165, 1.54) is 0 Å². The fourth-order valence-corrected chi connectivity index (χ4v) is 3.42. The molecule has 4 N–H and O–H groups in total. The largest absolute Gasteiger partial charge is 0.480 e. The van der Waals surface area contributed by atoms with Crippen molar-refractivity contribution in [3.05, 3.63) is 0 Å². The maximum atomic E-state index is 11.2. The first-order valence-electron chi connectivity index (χ1n) is 8.91. The summed E-state index contributed by atoms with van der Waals surface area (Å²) in [5, 5.41) is 37.2. The van der Waals surface area contributed by atoms with Crippen LogP contribution in [0.25, 0.3) is 0 Å². The lowest BCUT2D eigenvalue weighted by Crippen LogP contribution is -2.49. The molecule has 162 valence electrons. The summed E-state index contributed by atoms with van der Waals surface area (Å²) in [6.07, 6.45) is 0. The molecule has 0 aromatic rings. The quantitative estimate of drug-likeness (QED) is 0.303. The molecule has 1 heterocycles. The van der Waals surface area contributed by atoms with E-state index in [0.29, 0.717) is 26.2 Å². The van der Waals surface area contributed by atoms with Gasteiger partial charge in [-0.25, -0.2) is 0 Å². The summed E-state index contributed by atoms with van der Waals surface area (Å²) in [5.41, 5.74) is 0. The molecular weight excluding hydrogens is 395 g/mol. The highest BCUT2D eigenvalue weighted by Gasteiger charge is 2.22. The standard InChI is InChI=1S/C15H29N4O8P/c20-12(21)9-16-1-3-17(10-13(22)23)5-7-19(15(26)28-27)8-6-18(4-2-16)11-14(24)25/h15,26H,1-11,28H2,(H,20,21)(H,22,23)(H,24,25). The summed E-state index contributed by atoms with van der Waals surface area (Å²) in [5.74, 6) is -4.23. The number of hydrogen-bond donors (Lipinski definition) is 4. The molecule has 2 atom stereocenters. The van der Waals surface area contributed by atoms with E-state index in [2.05, 4.69) is 0 Å². The third-order valence-corrected chi connectivity index (χ3v) is 5.11. The van der Waals surface area contributed by atoms with E-state index < -0.39 is 32.3 Å². The Kier molecular flexibility index (Phi) is 11.2. The predicted molar refractivity (Wildman–Crippen MR) is 100 cm³/mol. The van der Waals surface area contributed by atoms with Crippen LogP contribution in [-0.4, -0.2) is 136 Å². The lowest BCUT2D eigenvalue weighted by molar-refractivity contribution is -0.140. The molecule has 0 aliphatic carbocycles. The second-order valence-corrected chi connectivity index (χ2v) is 7.46. The zero-order valence-corrected chi connectivity index (χ0v) is 16.8. The molecule has 0 spiro atoms. The fourth-order valence-electron chi connectivity index (χ4n) is 2.95. The molecule has 13 heteroatoms. The lowest BCUT2D eigenvalue weighted by atomic mass is 10.3. The molecule has 1 aliphatic heterocycles. The van der Waals surface area contributed by atoms with Gasteiger partial charge in [0.05, 0.1) is 19.6 Å². The van der Waals surface area contributed by atoms with Crippen molar-refractivity contribution in [2.45, 2.75) is 5.97 Å². The zero-order valence-electron chi connectivity index (χ0n) is 15.6. The van der Waals surface area contributed by atoms with Crippen molar-refractivity contribution in [1.82, 2.24) is 19.6 Å². The lowest BCUT2D eigenvalue weighted by Gasteiger charge is -2.33. The average Bonchev–Trinajstić information content (AvgIpc) is 2.59. The van der Waals surface area contributed by atoms with Crippen molar-refractivity contribution in [1.29, 1.82) is 0 Å². The van der Waals surface area contributed by atoms with Gasteiger partial charge in [-0.3, -0.25) is 34.0 Å². The van der Waals surface area contributed by atoms with Gasteiger partial charge in [0.15, 0.2) is 5.97 Å². The molecule has 1 rings (SSSR count). The summed E-state index contributed by atoms with van der Waals surface area (Å²) < 4.78 is 11.2. The molecule has 0 radical (unpaired) electrons. The number of aliphatic hydroxyl groups is 1. The van der Waals surface area contributed by atoms with Gasteiger partial charge in [-0.15, -0.1) is 0 Å². The minimum atomic E-state index is -1.49. The van der Waals surface area contributed by atoms with E-state index in [1.54, 1.807) is 19.6 Å². The monoisotopic (exact) mass is 424 g/mol. The second-order valence-electron chi connectivity index (χ2n) is 6.60. The van der Waals surface area contributed by atoms with Crippen molar-refractivity contribution in [3.8, 4) is 0 Å². The Balaban J connectivity index is 2.93. The number of nitrogens with zero attached hydrogens (tertiary/aromatic N) is 4. The third kappa shape index (κ3) is 10.1. The number of carboxylic acids is 3. The first kappa shape index (κ1) is 24.5. The molecular formula is C15H29N4O8P. The molecule has 12 nitrogen and oxygen atoms in total. The van der Waals surface area contributed by atoms with Gasteiger partial charge >= 0.3 is 17.9 Å². The first-order chi connectivity index (χ1) is 13.2. The van der Waals surface area contributed by atoms with E-state index in [-0.39, 0.29) is 45.8 Å². The molecule has 1 fully saturated rings. The van der Waals surface area contributed by atoms with Gasteiger partial charge in [-0.1, -0.05) is 0 Å². The van der Waals surface area contributed by atoms with Crippen LogP contribution in [0.1, 0.15) is 0 Å². The van der Waals surface area contributed by atoms with Crippen molar-refractivity contribution < 1.29 is 39.4 Å². The molecule has 28 heavy (non-hydrogen) atoms. The van der Waals surface area contributed by atoms with Gasteiger partial charge in [-0.05, 0) is 0 Å². The number of aliphatic hydroxyl groups excluding tert-OH is 1. The first-order valence-corrected chi connectivity index (χ1v) is 10.0. The van der Waals surface area contributed by atoms with E-state index in [0.717, 1.165) is 0 Å². The van der Waals surface area contributed by atoms with Crippen LogP contribution in [-0.2, 0) is 18.9 Å². The van der Waals surface area contributed by atoms with Crippen molar-refractivity contribution in [2.75, 3.05) is 72.0 Å². The molecule has 0 amide bonds. The summed E-state index contributed by atoms with van der Waals surface area (Å²) in [6.45, 7) is 1.57. The number of hydrogen-bond acceptors (Lipinski definition) is 9. The third-order valence-electron chi connectivity index (χ3n) is 4.44. The Hall–Kier alpha value is -1.56. The Morgan fingerprint density at radius 1 is 0.679 bits per heavy atom. The van der Waals surface area contributed by atoms with Crippen LogP contribution >= 0.6 is 8.46 Å². The molecule has 1 saturated heterocycles. The van der Waals surface area contributed by atoms with Gasteiger partial charge in [0, 0.05) is 52.4 Å². The highest BCUT2D eigenvalue weighted by molar-refractivity contribution is 7.24. The summed E-state index contributed by atoms with van der Waals surface area (Å²) in [7, 11) is -1.49. The SMILES string of the molecule is O=[PH2]C(O)N1CCN(CC(=O)O)CCN(CC(=O)O)CCN(CC(=O)O)CC1. The van der Waals surface area contributed by atoms with Crippen LogP contribution in [0.2, 0.25) is 0 Å². The van der Waals surface area contributed by atoms with Gasteiger partial charge in [-0.2, -0.15) is 0 Å². The van der Waals surface area contributed by atoms with Crippen molar-refractivity contribution in [3.63, 3.8) is 0 Å². The molecule has 0 bridgehead atoms. The second kappa shape index (κ2) is 12.8. The van der Waals surface area contributed by atoms with Crippen LogP contribution in [0.15, 0.2) is 0 Å². The zero-order chi connectivity index (χ0) is 21.1. The van der Waals surface area contributed by atoms with Crippen molar-refractivity contribution in [2.24, 2.45) is 0 Å². The van der Waals surface area contributed by atoms with Gasteiger partial charge in [0.2, 0.25) is 0 Å². The number of carbonyl (C=O) groups is 3. The van der Waals surface area contributed by atoms with Gasteiger partial charge in [0.1, 0.15) is 8.46 Å². The van der Waals surface area contributed by atoms with Gasteiger partial charge in [0.25, 0.3) is 0 Å². The molecule has 2 unspecified atom stereocenters. The highest BCUT2D eigenvalue weighted by Crippen LogP contribution is 2.10. The van der Waals surface area contributed by atoms with Crippen LogP contribution in [0, 0.1) is 0 Å². The maximum absolute atomic E-state index is 11.2. The minimum absolute atomic E-state index is 0.230. The maximum Gasteiger partial charge on any atom is 0.317 e. The Morgan fingerprint density at radius 2 is 0.964 bits per heavy atom. The summed E-state index contributed by atoms with van der Waals surface area (Å²) >= 11 is 0. The molecule has 1 aliphatic rings. The topological polar surface area (TPSA) is 162 Å². The summed E-state index contributed by atoms with van der Waals surface area (Å²) in [4.78, 5) is 39.7. The van der Waals surface area contributed by atoms with Crippen LogP contribution in [0.4, 0.5) is 0 Å². The smallest absolute Gasteiger partial charge is 0.317 e. The van der Waals surface area contributed by atoms with Crippen LogP contribution in [0.3, 0.4) is 0 Å². The number of rotatable bonds is 8. The van der Waals surface area contributed by atoms with Gasteiger partial charge < -0.3 is 25.0 Å².